The summed E-state index contributed by atoms with van der Waals surface area (Å²) in [5, 5.41) is 1.15. The molecule has 3 heterocycles. The van der Waals surface area contributed by atoms with Crippen LogP contribution in [0.25, 0.3) is 10.2 Å². The second-order valence-electron chi connectivity index (χ2n) is 7.07. The quantitative estimate of drug-likeness (QED) is 0.705. The number of nitrogens with zero attached hydrogens (tertiary/aromatic N) is 3. The average Bonchev–Trinajstić information content (AvgIpc) is 3.38. The summed E-state index contributed by atoms with van der Waals surface area (Å²) in [6.07, 6.45) is 3.18. The second-order valence-corrected chi connectivity index (χ2v) is 8.13. The van der Waals surface area contributed by atoms with Crippen molar-refractivity contribution in [1.29, 1.82) is 0 Å². The Morgan fingerprint density at radius 3 is 2.88 bits per heavy atom. The van der Waals surface area contributed by atoms with Crippen LogP contribution in [-0.2, 0) is 11.2 Å². The third kappa shape index (κ3) is 2.72. The van der Waals surface area contributed by atoms with E-state index in [9.17, 15) is 4.79 Å². The highest BCUT2D eigenvalue weighted by Gasteiger charge is 2.32. The Labute approximate surface area is 157 Å². The lowest BCUT2D eigenvalue weighted by atomic mass is 10.2. The number of aromatic nitrogens is 1. The molecule has 5 heteroatoms. The molecule has 2 aromatic carbocycles. The molecule has 0 N–H and O–H groups in total. The van der Waals surface area contributed by atoms with Crippen LogP contribution < -0.4 is 4.90 Å². The standard InChI is InChI=1S/C21H21N3OS/c25-20(24-13-11-15-6-1-3-8-17(15)24)14-23-12-5-9-18(23)21-22-16-7-2-4-10-19(16)26-21/h1-4,6-8,10,18H,5,9,11-14H2. The van der Waals surface area contributed by atoms with Crippen molar-refractivity contribution < 1.29 is 4.79 Å². The van der Waals surface area contributed by atoms with Gasteiger partial charge in [0.2, 0.25) is 5.91 Å². The zero-order valence-corrected chi connectivity index (χ0v) is 15.4. The summed E-state index contributed by atoms with van der Waals surface area (Å²) in [5.74, 6) is 0.211. The topological polar surface area (TPSA) is 36.4 Å². The molecule has 1 saturated heterocycles. The molecule has 1 aromatic heterocycles. The van der Waals surface area contributed by atoms with E-state index in [4.69, 9.17) is 4.98 Å². The summed E-state index contributed by atoms with van der Waals surface area (Å²) in [7, 11) is 0. The van der Waals surface area contributed by atoms with Gasteiger partial charge in [0.15, 0.2) is 0 Å². The summed E-state index contributed by atoms with van der Waals surface area (Å²) in [4.78, 5) is 22.1. The molecule has 0 spiro atoms. The number of thiazole rings is 1. The maximum atomic E-state index is 13.0. The van der Waals surface area contributed by atoms with E-state index in [1.54, 1.807) is 11.3 Å². The molecule has 2 aliphatic rings. The molecule has 1 amide bonds. The number of hydrogen-bond donors (Lipinski definition) is 0. The number of likely N-dealkylation sites (tertiary alicyclic amines) is 1. The van der Waals surface area contributed by atoms with E-state index < -0.39 is 0 Å². The summed E-state index contributed by atoms with van der Waals surface area (Å²) in [6.45, 7) is 2.26. The molecule has 1 fully saturated rings. The second kappa shape index (κ2) is 6.49. The Hall–Kier alpha value is -2.24. The molecule has 0 aliphatic carbocycles. The predicted octanol–water partition coefficient (Wildman–Crippen LogP) is 4.02. The highest BCUT2D eigenvalue weighted by atomic mass is 32.1. The van der Waals surface area contributed by atoms with Gasteiger partial charge in [-0.05, 0) is 49.6 Å². The first-order valence-electron chi connectivity index (χ1n) is 9.27. The van der Waals surface area contributed by atoms with Gasteiger partial charge in [-0.2, -0.15) is 0 Å². The van der Waals surface area contributed by atoms with E-state index in [2.05, 4.69) is 41.3 Å². The fourth-order valence-electron chi connectivity index (χ4n) is 4.18. The van der Waals surface area contributed by atoms with Gasteiger partial charge in [0.05, 0.1) is 22.8 Å². The lowest BCUT2D eigenvalue weighted by molar-refractivity contribution is -0.119. The maximum Gasteiger partial charge on any atom is 0.241 e. The number of fused-ring (bicyclic) bond motifs is 2. The number of amides is 1. The Morgan fingerprint density at radius 2 is 1.96 bits per heavy atom. The van der Waals surface area contributed by atoms with Crippen LogP contribution >= 0.6 is 11.3 Å². The van der Waals surface area contributed by atoms with E-state index in [1.165, 1.54) is 10.3 Å². The van der Waals surface area contributed by atoms with Crippen LogP contribution in [-0.4, -0.2) is 35.4 Å². The number of benzene rings is 2. The van der Waals surface area contributed by atoms with Crippen molar-refractivity contribution in [3.63, 3.8) is 0 Å². The van der Waals surface area contributed by atoms with Crippen LogP contribution in [0.1, 0.15) is 29.5 Å². The Balaban J connectivity index is 1.36. The smallest absolute Gasteiger partial charge is 0.241 e. The normalized spacial score (nSPS) is 20.0. The molecule has 26 heavy (non-hydrogen) atoms. The molecule has 3 aromatic rings. The van der Waals surface area contributed by atoms with Crippen LogP contribution in [0.4, 0.5) is 5.69 Å². The van der Waals surface area contributed by atoms with Crippen LogP contribution in [0.2, 0.25) is 0 Å². The van der Waals surface area contributed by atoms with E-state index in [-0.39, 0.29) is 11.9 Å². The zero-order valence-electron chi connectivity index (χ0n) is 14.6. The molecule has 1 unspecified atom stereocenters. The monoisotopic (exact) mass is 363 g/mol. The number of hydrogen-bond acceptors (Lipinski definition) is 4. The molecule has 132 valence electrons. The minimum atomic E-state index is 0.211. The Bertz CT molecular complexity index is 934. The molecule has 0 saturated carbocycles. The van der Waals surface area contributed by atoms with Gasteiger partial charge in [-0.1, -0.05) is 30.3 Å². The van der Waals surface area contributed by atoms with Crippen LogP contribution in [0.5, 0.6) is 0 Å². The Morgan fingerprint density at radius 1 is 1.12 bits per heavy atom. The summed E-state index contributed by atoms with van der Waals surface area (Å²) < 4.78 is 1.23. The third-order valence-electron chi connectivity index (χ3n) is 5.49. The van der Waals surface area contributed by atoms with E-state index in [1.807, 2.05) is 17.0 Å². The van der Waals surface area contributed by atoms with Crippen molar-refractivity contribution in [1.82, 2.24) is 9.88 Å². The number of rotatable bonds is 3. The van der Waals surface area contributed by atoms with Crippen molar-refractivity contribution in [2.75, 3.05) is 24.5 Å². The number of carbonyl (C=O) groups is 1. The van der Waals surface area contributed by atoms with Gasteiger partial charge < -0.3 is 4.90 Å². The van der Waals surface area contributed by atoms with Crippen molar-refractivity contribution in [2.24, 2.45) is 0 Å². The van der Waals surface area contributed by atoms with E-state index in [0.717, 1.165) is 48.6 Å². The molecule has 1 atom stereocenters. The lowest BCUT2D eigenvalue weighted by Crippen LogP contribution is -2.39. The van der Waals surface area contributed by atoms with E-state index >= 15 is 0 Å². The van der Waals surface area contributed by atoms with E-state index in [0.29, 0.717) is 6.54 Å². The SMILES string of the molecule is O=C(CN1CCCC1c1nc2ccccc2s1)N1CCc2ccccc21. The molecule has 0 bridgehead atoms. The van der Waals surface area contributed by atoms with Crippen molar-refractivity contribution in [2.45, 2.75) is 25.3 Å². The first-order valence-corrected chi connectivity index (χ1v) is 10.1. The van der Waals surface area contributed by atoms with Gasteiger partial charge in [0, 0.05) is 12.2 Å². The van der Waals surface area contributed by atoms with Gasteiger partial charge in [0.1, 0.15) is 5.01 Å². The van der Waals surface area contributed by atoms with Gasteiger partial charge >= 0.3 is 0 Å². The summed E-state index contributed by atoms with van der Waals surface area (Å²) >= 11 is 1.77. The molecular formula is C21H21N3OS. The molecule has 5 rings (SSSR count). The van der Waals surface area contributed by atoms with Gasteiger partial charge in [-0.15, -0.1) is 11.3 Å². The average molecular weight is 363 g/mol. The fraction of sp³-hybridized carbons (Fsp3) is 0.333. The van der Waals surface area contributed by atoms with Crippen LogP contribution in [0.3, 0.4) is 0 Å². The maximum absolute atomic E-state index is 13.0. The predicted molar refractivity (Wildman–Crippen MR) is 106 cm³/mol. The summed E-state index contributed by atoms with van der Waals surface area (Å²) in [6, 6.07) is 16.8. The van der Waals surface area contributed by atoms with Crippen LogP contribution in [0, 0.1) is 0 Å². The highest BCUT2D eigenvalue weighted by molar-refractivity contribution is 7.18. The van der Waals surface area contributed by atoms with Crippen molar-refractivity contribution in [3.8, 4) is 0 Å². The zero-order chi connectivity index (χ0) is 17.5. The minimum absolute atomic E-state index is 0.211. The minimum Gasteiger partial charge on any atom is -0.311 e. The van der Waals surface area contributed by atoms with Crippen molar-refractivity contribution in [3.05, 3.63) is 59.1 Å². The van der Waals surface area contributed by atoms with Crippen molar-refractivity contribution >= 4 is 33.1 Å². The van der Waals surface area contributed by atoms with Gasteiger partial charge in [-0.25, -0.2) is 4.98 Å². The first-order chi connectivity index (χ1) is 12.8. The number of anilines is 1. The lowest BCUT2D eigenvalue weighted by Gasteiger charge is -2.25. The van der Waals surface area contributed by atoms with Crippen LogP contribution in [0.15, 0.2) is 48.5 Å². The highest BCUT2D eigenvalue weighted by Crippen LogP contribution is 2.36. The van der Waals surface area contributed by atoms with Gasteiger partial charge in [-0.3, -0.25) is 9.69 Å². The molecular weight excluding hydrogens is 342 g/mol. The Kier molecular flexibility index (Phi) is 3.98. The fourth-order valence-corrected chi connectivity index (χ4v) is 5.32. The molecule has 2 aliphatic heterocycles. The number of para-hydroxylation sites is 2. The summed E-state index contributed by atoms with van der Waals surface area (Å²) in [5.41, 5.74) is 3.44. The molecule has 0 radical (unpaired) electrons. The number of carbonyl (C=O) groups excluding carboxylic acids is 1. The first kappa shape index (κ1) is 16.0. The largest absolute Gasteiger partial charge is 0.311 e. The molecule has 4 nitrogen and oxygen atoms in total. The van der Waals surface area contributed by atoms with Gasteiger partial charge in [0.25, 0.3) is 0 Å². The third-order valence-corrected chi connectivity index (χ3v) is 6.62.